The number of carbonyl (C=O) groups is 2. The van der Waals surface area contributed by atoms with Crippen molar-refractivity contribution in [2.75, 3.05) is 7.11 Å². The van der Waals surface area contributed by atoms with Crippen molar-refractivity contribution in [1.82, 2.24) is 10.3 Å². The van der Waals surface area contributed by atoms with Gasteiger partial charge in [0.05, 0.1) is 25.3 Å². The Kier molecular flexibility index (Phi) is 6.69. The molecule has 1 atom stereocenters. The van der Waals surface area contributed by atoms with E-state index in [0.717, 1.165) is 10.0 Å². The van der Waals surface area contributed by atoms with Crippen LogP contribution in [0.1, 0.15) is 23.7 Å². The van der Waals surface area contributed by atoms with E-state index in [1.54, 1.807) is 24.4 Å². The number of rotatable bonds is 6. The van der Waals surface area contributed by atoms with Gasteiger partial charge in [0.2, 0.25) is 5.91 Å². The number of ether oxygens (including phenoxy) is 1. The Hall–Kier alpha value is -2.47. The summed E-state index contributed by atoms with van der Waals surface area (Å²) in [6.45, 7) is 0. The number of pyridine rings is 1. The summed E-state index contributed by atoms with van der Waals surface area (Å²) < 4.78 is 5.58. The van der Waals surface area contributed by atoms with E-state index in [1.165, 1.54) is 13.2 Å². The van der Waals surface area contributed by atoms with Crippen molar-refractivity contribution >= 4 is 33.9 Å². The zero-order chi connectivity index (χ0) is 17.4. The largest absolute Gasteiger partial charge is 0.469 e. The number of aromatic nitrogens is 1. The minimum Gasteiger partial charge on any atom is -0.469 e. The second-order valence-electron chi connectivity index (χ2n) is 4.98. The van der Waals surface area contributed by atoms with Crippen LogP contribution in [0.2, 0.25) is 0 Å². The van der Waals surface area contributed by atoms with E-state index >= 15 is 0 Å². The number of hydrogen-bond acceptors (Lipinski definition) is 4. The molecule has 24 heavy (non-hydrogen) atoms. The van der Waals surface area contributed by atoms with E-state index in [2.05, 4.69) is 26.2 Å². The smallest absolute Gasteiger partial charge is 0.307 e. The van der Waals surface area contributed by atoms with Gasteiger partial charge in [-0.1, -0.05) is 34.1 Å². The van der Waals surface area contributed by atoms with Crippen molar-refractivity contribution in [1.29, 1.82) is 0 Å². The third-order valence-electron chi connectivity index (χ3n) is 3.26. The predicted octanol–water partition coefficient (Wildman–Crippen LogP) is 3.28. The van der Waals surface area contributed by atoms with Gasteiger partial charge >= 0.3 is 5.97 Å². The van der Waals surface area contributed by atoms with Crippen LogP contribution < -0.4 is 5.32 Å². The third-order valence-corrected chi connectivity index (χ3v) is 3.75. The average molecular weight is 389 g/mol. The monoisotopic (exact) mass is 388 g/mol. The lowest BCUT2D eigenvalue weighted by molar-refractivity contribution is -0.141. The highest BCUT2D eigenvalue weighted by molar-refractivity contribution is 9.10. The molecular weight excluding hydrogens is 372 g/mol. The van der Waals surface area contributed by atoms with Gasteiger partial charge in [0.1, 0.15) is 0 Å². The lowest BCUT2D eigenvalue weighted by Gasteiger charge is -2.17. The van der Waals surface area contributed by atoms with Crippen molar-refractivity contribution in [3.63, 3.8) is 0 Å². The van der Waals surface area contributed by atoms with Crippen LogP contribution >= 0.6 is 15.9 Å². The summed E-state index contributed by atoms with van der Waals surface area (Å²) in [6.07, 6.45) is 4.71. The molecule has 0 aliphatic heterocycles. The highest BCUT2D eigenvalue weighted by Gasteiger charge is 2.18. The molecule has 1 heterocycles. The van der Waals surface area contributed by atoms with Crippen LogP contribution in [-0.2, 0) is 14.3 Å². The highest BCUT2D eigenvalue weighted by Crippen LogP contribution is 2.21. The molecule has 0 saturated carbocycles. The Morgan fingerprint density at radius 3 is 2.79 bits per heavy atom. The summed E-state index contributed by atoms with van der Waals surface area (Å²) in [6, 6.07) is 12.4. The molecule has 2 aromatic rings. The standard InChI is InChI=1S/C18H17BrN2O3/c1-24-18(23)12-16(13-5-4-6-14(19)11-13)21-17(22)9-8-15-7-2-3-10-20-15/h2-11,16H,12H2,1H3,(H,21,22)/b9-8+. The molecule has 0 aliphatic carbocycles. The van der Waals surface area contributed by atoms with Gasteiger partial charge in [-0.2, -0.15) is 0 Å². The topological polar surface area (TPSA) is 68.3 Å². The second kappa shape index (κ2) is 8.98. The lowest BCUT2D eigenvalue weighted by Crippen LogP contribution is -2.29. The molecule has 0 fully saturated rings. The number of hydrogen-bond donors (Lipinski definition) is 1. The van der Waals surface area contributed by atoms with Gasteiger partial charge in [-0.25, -0.2) is 0 Å². The van der Waals surface area contributed by atoms with Crippen LogP contribution in [0.25, 0.3) is 6.08 Å². The first-order valence-electron chi connectivity index (χ1n) is 7.30. The number of esters is 1. The molecule has 5 nitrogen and oxygen atoms in total. The minimum atomic E-state index is -0.476. The number of amides is 1. The zero-order valence-corrected chi connectivity index (χ0v) is 14.7. The first-order valence-corrected chi connectivity index (χ1v) is 8.09. The molecule has 0 radical (unpaired) electrons. The Balaban J connectivity index is 2.11. The maximum Gasteiger partial charge on any atom is 0.307 e. The SMILES string of the molecule is COC(=O)CC(NC(=O)/C=C/c1ccccn1)c1cccc(Br)c1. The van der Waals surface area contributed by atoms with Crippen LogP contribution in [0.3, 0.4) is 0 Å². The van der Waals surface area contributed by atoms with Crippen LogP contribution in [0.4, 0.5) is 0 Å². The summed E-state index contributed by atoms with van der Waals surface area (Å²) in [5.74, 6) is -0.705. The van der Waals surface area contributed by atoms with Gasteiger partial charge < -0.3 is 10.1 Å². The number of carbonyl (C=O) groups excluding carboxylic acids is 2. The molecule has 1 aromatic carbocycles. The molecular formula is C18H17BrN2O3. The average Bonchev–Trinajstić information content (AvgIpc) is 2.60. The molecule has 0 aliphatic rings. The summed E-state index contributed by atoms with van der Waals surface area (Å²) in [5, 5.41) is 2.82. The van der Waals surface area contributed by atoms with Crippen LogP contribution in [0, 0.1) is 0 Å². The molecule has 2 rings (SSSR count). The Bertz CT molecular complexity index is 732. The summed E-state index contributed by atoms with van der Waals surface area (Å²) in [4.78, 5) is 27.9. The molecule has 1 unspecified atom stereocenters. The number of methoxy groups -OCH3 is 1. The zero-order valence-electron chi connectivity index (χ0n) is 13.1. The van der Waals surface area contributed by atoms with Crippen LogP contribution in [0.15, 0.2) is 59.2 Å². The van der Waals surface area contributed by atoms with E-state index in [1.807, 2.05) is 30.3 Å². The van der Waals surface area contributed by atoms with Crippen molar-refractivity contribution < 1.29 is 14.3 Å². The fourth-order valence-corrected chi connectivity index (χ4v) is 2.50. The maximum absolute atomic E-state index is 12.2. The van der Waals surface area contributed by atoms with Crippen LogP contribution in [0.5, 0.6) is 0 Å². The molecule has 1 amide bonds. The minimum absolute atomic E-state index is 0.0517. The molecule has 0 spiro atoms. The quantitative estimate of drug-likeness (QED) is 0.608. The normalized spacial score (nSPS) is 11.9. The van der Waals surface area contributed by atoms with Gasteiger partial charge in [0.25, 0.3) is 0 Å². The summed E-state index contributed by atoms with van der Waals surface area (Å²) >= 11 is 3.39. The molecule has 0 bridgehead atoms. The van der Waals surface area contributed by atoms with Gasteiger partial charge in [-0.05, 0) is 35.9 Å². The van der Waals surface area contributed by atoms with Crippen molar-refractivity contribution in [2.24, 2.45) is 0 Å². The van der Waals surface area contributed by atoms with Gasteiger partial charge in [0.15, 0.2) is 0 Å². The predicted molar refractivity (Wildman–Crippen MR) is 94.9 cm³/mol. The van der Waals surface area contributed by atoms with E-state index in [0.29, 0.717) is 5.69 Å². The van der Waals surface area contributed by atoms with Crippen molar-refractivity contribution in [3.05, 3.63) is 70.5 Å². The Labute approximate surface area is 148 Å². The number of halogens is 1. The molecule has 0 saturated heterocycles. The van der Waals surface area contributed by atoms with E-state index in [-0.39, 0.29) is 12.3 Å². The van der Waals surface area contributed by atoms with Crippen molar-refractivity contribution in [3.8, 4) is 0 Å². The van der Waals surface area contributed by atoms with E-state index in [4.69, 9.17) is 4.74 Å². The van der Waals surface area contributed by atoms with E-state index in [9.17, 15) is 9.59 Å². The fourth-order valence-electron chi connectivity index (χ4n) is 2.08. The summed E-state index contributed by atoms with van der Waals surface area (Å²) in [7, 11) is 1.32. The van der Waals surface area contributed by atoms with Crippen molar-refractivity contribution in [2.45, 2.75) is 12.5 Å². The lowest BCUT2D eigenvalue weighted by atomic mass is 10.0. The van der Waals surface area contributed by atoms with Gasteiger partial charge in [0, 0.05) is 16.7 Å². The maximum atomic E-state index is 12.2. The molecule has 124 valence electrons. The Morgan fingerprint density at radius 1 is 1.29 bits per heavy atom. The second-order valence-corrected chi connectivity index (χ2v) is 5.90. The number of nitrogens with zero attached hydrogens (tertiary/aromatic N) is 1. The fraction of sp³-hybridized carbons (Fsp3) is 0.167. The molecule has 1 N–H and O–H groups in total. The van der Waals surface area contributed by atoms with Gasteiger partial charge in [-0.15, -0.1) is 0 Å². The first-order chi connectivity index (χ1) is 11.6. The highest BCUT2D eigenvalue weighted by atomic mass is 79.9. The molecule has 1 aromatic heterocycles. The summed E-state index contributed by atoms with van der Waals surface area (Å²) in [5.41, 5.74) is 1.49. The third kappa shape index (κ3) is 5.62. The first kappa shape index (κ1) is 17.9. The van der Waals surface area contributed by atoms with E-state index < -0.39 is 12.0 Å². The number of benzene rings is 1. The van der Waals surface area contributed by atoms with Gasteiger partial charge in [-0.3, -0.25) is 14.6 Å². The number of nitrogens with one attached hydrogen (secondary N) is 1. The molecule has 6 heteroatoms. The van der Waals surface area contributed by atoms with Crippen LogP contribution in [-0.4, -0.2) is 24.0 Å². The Morgan fingerprint density at radius 2 is 2.12 bits per heavy atom.